The SMILES string of the molecule is CC(C)c1ccc(CSCSCSCc2ccc(C(C)C)cc2)cc1. The standard InChI is InChI=1S/C22H30S3/c1-17(2)21-9-5-19(6-10-21)13-23-15-25-16-24-14-20-7-11-22(12-8-20)18(3)4/h5-12,17-18H,13-16H2,1-4H3. The molecular weight excluding hydrogens is 360 g/mol. The molecular formula is C22H30S3. The molecule has 0 N–H and O–H groups in total. The van der Waals surface area contributed by atoms with Crippen LogP contribution in [0.2, 0.25) is 0 Å². The first-order valence-corrected chi connectivity index (χ1v) is 12.4. The van der Waals surface area contributed by atoms with Gasteiger partial charge < -0.3 is 0 Å². The average Bonchev–Trinajstić information content (AvgIpc) is 2.61. The summed E-state index contributed by atoms with van der Waals surface area (Å²) in [7, 11) is 0. The van der Waals surface area contributed by atoms with Crippen LogP contribution in [-0.4, -0.2) is 10.2 Å². The Morgan fingerprint density at radius 3 is 1.24 bits per heavy atom. The molecule has 0 bridgehead atoms. The molecule has 0 aliphatic heterocycles. The predicted octanol–water partition coefficient (Wildman–Crippen LogP) is 7.75. The summed E-state index contributed by atoms with van der Waals surface area (Å²) in [6.07, 6.45) is 0. The first kappa shape index (κ1) is 20.8. The molecule has 0 unspecified atom stereocenters. The van der Waals surface area contributed by atoms with Crippen LogP contribution in [0.15, 0.2) is 48.5 Å². The van der Waals surface area contributed by atoms with Crippen LogP contribution in [0, 0.1) is 0 Å². The van der Waals surface area contributed by atoms with Gasteiger partial charge in [-0.25, -0.2) is 0 Å². The summed E-state index contributed by atoms with van der Waals surface area (Å²) in [6.45, 7) is 8.99. The lowest BCUT2D eigenvalue weighted by Crippen LogP contribution is -1.89. The molecule has 2 aromatic carbocycles. The van der Waals surface area contributed by atoms with Gasteiger partial charge in [0.25, 0.3) is 0 Å². The third-order valence-corrected chi connectivity index (χ3v) is 7.91. The van der Waals surface area contributed by atoms with E-state index in [2.05, 4.69) is 76.2 Å². The molecule has 0 atom stereocenters. The van der Waals surface area contributed by atoms with Gasteiger partial charge in [-0.15, -0.1) is 35.3 Å². The van der Waals surface area contributed by atoms with Crippen molar-refractivity contribution in [1.82, 2.24) is 0 Å². The molecule has 25 heavy (non-hydrogen) atoms. The largest absolute Gasteiger partial charge is 0.146 e. The molecule has 2 aromatic rings. The summed E-state index contributed by atoms with van der Waals surface area (Å²) < 4.78 is 0. The van der Waals surface area contributed by atoms with E-state index < -0.39 is 0 Å². The Bertz CT molecular complexity index is 545. The van der Waals surface area contributed by atoms with Gasteiger partial charge in [0.1, 0.15) is 0 Å². The molecule has 0 saturated carbocycles. The zero-order valence-electron chi connectivity index (χ0n) is 15.8. The first-order chi connectivity index (χ1) is 12.1. The van der Waals surface area contributed by atoms with Crippen LogP contribution in [-0.2, 0) is 11.5 Å². The minimum Gasteiger partial charge on any atom is -0.146 e. The molecule has 0 amide bonds. The van der Waals surface area contributed by atoms with E-state index in [4.69, 9.17) is 0 Å². The molecule has 0 saturated heterocycles. The van der Waals surface area contributed by atoms with E-state index in [-0.39, 0.29) is 0 Å². The van der Waals surface area contributed by atoms with Crippen LogP contribution in [0.5, 0.6) is 0 Å². The van der Waals surface area contributed by atoms with Gasteiger partial charge in [0.15, 0.2) is 0 Å². The minimum atomic E-state index is 0.621. The molecule has 136 valence electrons. The van der Waals surface area contributed by atoms with Crippen molar-refractivity contribution in [1.29, 1.82) is 0 Å². The molecule has 2 rings (SSSR count). The number of hydrogen-bond acceptors (Lipinski definition) is 3. The van der Waals surface area contributed by atoms with E-state index in [1.54, 1.807) is 0 Å². The number of rotatable bonds is 10. The quantitative estimate of drug-likeness (QED) is 0.301. The van der Waals surface area contributed by atoms with Crippen LogP contribution in [0.4, 0.5) is 0 Å². The number of hydrogen-bond donors (Lipinski definition) is 0. The van der Waals surface area contributed by atoms with Crippen LogP contribution >= 0.6 is 35.3 Å². The van der Waals surface area contributed by atoms with Crippen LogP contribution < -0.4 is 0 Å². The van der Waals surface area contributed by atoms with Gasteiger partial charge in [0.2, 0.25) is 0 Å². The first-order valence-electron chi connectivity index (χ1n) is 8.97. The molecule has 0 heterocycles. The van der Waals surface area contributed by atoms with Crippen LogP contribution in [0.1, 0.15) is 61.8 Å². The van der Waals surface area contributed by atoms with Crippen molar-refractivity contribution in [2.24, 2.45) is 0 Å². The highest BCUT2D eigenvalue weighted by atomic mass is 32.2. The van der Waals surface area contributed by atoms with Gasteiger partial charge in [-0.2, -0.15) is 0 Å². The van der Waals surface area contributed by atoms with Gasteiger partial charge >= 0.3 is 0 Å². The summed E-state index contributed by atoms with van der Waals surface area (Å²) in [5, 5.41) is 2.34. The van der Waals surface area contributed by atoms with Crippen LogP contribution in [0.25, 0.3) is 0 Å². The van der Waals surface area contributed by atoms with Crippen molar-refractivity contribution in [3.63, 3.8) is 0 Å². The fourth-order valence-corrected chi connectivity index (χ4v) is 5.82. The Labute approximate surface area is 167 Å². The molecule has 0 aliphatic carbocycles. The van der Waals surface area contributed by atoms with Gasteiger partial charge in [0.05, 0.1) is 0 Å². The van der Waals surface area contributed by atoms with E-state index in [0.29, 0.717) is 11.8 Å². The zero-order chi connectivity index (χ0) is 18.1. The van der Waals surface area contributed by atoms with E-state index in [1.807, 2.05) is 35.3 Å². The number of benzene rings is 2. The average molecular weight is 391 g/mol. The maximum Gasteiger partial charge on any atom is 0.0403 e. The fraction of sp³-hybridized carbons (Fsp3) is 0.455. The Kier molecular flexibility index (Phi) is 9.36. The normalized spacial score (nSPS) is 11.4. The molecule has 0 nitrogen and oxygen atoms in total. The highest BCUT2D eigenvalue weighted by Gasteiger charge is 2.01. The topological polar surface area (TPSA) is 0 Å². The summed E-state index contributed by atoms with van der Waals surface area (Å²) in [5.74, 6) is 3.48. The summed E-state index contributed by atoms with van der Waals surface area (Å²) in [4.78, 5) is 0. The summed E-state index contributed by atoms with van der Waals surface area (Å²) in [6, 6.07) is 18.2. The second-order valence-electron chi connectivity index (χ2n) is 6.93. The third-order valence-electron chi connectivity index (χ3n) is 4.16. The molecule has 0 radical (unpaired) electrons. The molecule has 0 aliphatic rings. The lowest BCUT2D eigenvalue weighted by Gasteiger charge is -2.07. The van der Waals surface area contributed by atoms with Crippen LogP contribution in [0.3, 0.4) is 0 Å². The van der Waals surface area contributed by atoms with Crippen molar-refractivity contribution >= 4 is 35.3 Å². The zero-order valence-corrected chi connectivity index (χ0v) is 18.3. The Hall–Kier alpha value is -0.510. The lowest BCUT2D eigenvalue weighted by atomic mass is 10.0. The summed E-state index contributed by atoms with van der Waals surface area (Å²) in [5.41, 5.74) is 5.74. The van der Waals surface area contributed by atoms with Crippen molar-refractivity contribution in [2.45, 2.75) is 51.0 Å². The smallest absolute Gasteiger partial charge is 0.0403 e. The van der Waals surface area contributed by atoms with Crippen molar-refractivity contribution < 1.29 is 0 Å². The van der Waals surface area contributed by atoms with Gasteiger partial charge in [0, 0.05) is 21.7 Å². The highest BCUT2D eigenvalue weighted by molar-refractivity contribution is 8.22. The molecule has 0 aromatic heterocycles. The van der Waals surface area contributed by atoms with Gasteiger partial charge in [-0.3, -0.25) is 0 Å². The summed E-state index contributed by atoms with van der Waals surface area (Å²) >= 11 is 6.08. The number of thioether (sulfide) groups is 3. The van der Waals surface area contributed by atoms with Gasteiger partial charge in [-0.05, 0) is 34.1 Å². The van der Waals surface area contributed by atoms with E-state index in [9.17, 15) is 0 Å². The Morgan fingerprint density at radius 2 is 0.920 bits per heavy atom. The Morgan fingerprint density at radius 1 is 0.560 bits per heavy atom. The van der Waals surface area contributed by atoms with E-state index in [0.717, 1.165) is 11.5 Å². The van der Waals surface area contributed by atoms with E-state index in [1.165, 1.54) is 32.4 Å². The molecule has 0 fully saturated rings. The van der Waals surface area contributed by atoms with Crippen molar-refractivity contribution in [2.75, 3.05) is 10.2 Å². The highest BCUT2D eigenvalue weighted by Crippen LogP contribution is 2.24. The maximum atomic E-state index is 2.28. The predicted molar refractivity (Wildman–Crippen MR) is 121 cm³/mol. The Balaban J connectivity index is 1.56. The molecule has 3 heteroatoms. The fourth-order valence-electron chi connectivity index (χ4n) is 2.47. The van der Waals surface area contributed by atoms with Gasteiger partial charge in [-0.1, -0.05) is 76.2 Å². The second-order valence-corrected chi connectivity index (χ2v) is 10.6. The second kappa shape index (κ2) is 11.3. The monoisotopic (exact) mass is 390 g/mol. The minimum absolute atomic E-state index is 0.621. The molecule has 0 spiro atoms. The van der Waals surface area contributed by atoms with E-state index >= 15 is 0 Å². The third kappa shape index (κ3) is 7.72. The van der Waals surface area contributed by atoms with Crippen molar-refractivity contribution in [3.8, 4) is 0 Å². The maximum absolute atomic E-state index is 2.28. The lowest BCUT2D eigenvalue weighted by molar-refractivity contribution is 0.866. The van der Waals surface area contributed by atoms with Crippen molar-refractivity contribution in [3.05, 3.63) is 70.8 Å².